The molecule has 1 fully saturated rings. The molecule has 1 aromatic rings. The molecule has 17 heavy (non-hydrogen) atoms. The zero-order valence-electron chi connectivity index (χ0n) is 10.1. The smallest absolute Gasteiger partial charge is 0.241 e. The van der Waals surface area contributed by atoms with Crippen molar-refractivity contribution >= 4 is 11.7 Å². The van der Waals surface area contributed by atoms with Gasteiger partial charge in [0.2, 0.25) is 5.91 Å². The number of carbonyl (C=O) groups is 1. The third-order valence-electron chi connectivity index (χ3n) is 3.03. The average Bonchev–Trinajstić information content (AvgIpc) is 2.33. The van der Waals surface area contributed by atoms with Crippen molar-refractivity contribution in [2.24, 2.45) is 0 Å². The van der Waals surface area contributed by atoms with Crippen LogP contribution in [0.2, 0.25) is 0 Å². The molecule has 1 atom stereocenters. The number of likely N-dealkylation sites (N-methyl/N-ethyl adjacent to an activating group) is 1. The average molecular weight is 235 g/mol. The van der Waals surface area contributed by atoms with Gasteiger partial charge in [-0.05, 0) is 24.6 Å². The van der Waals surface area contributed by atoms with Gasteiger partial charge in [-0.3, -0.25) is 4.79 Å². The van der Waals surface area contributed by atoms with Crippen molar-refractivity contribution in [2.75, 3.05) is 31.6 Å². The van der Waals surface area contributed by atoms with Gasteiger partial charge in [0.25, 0.3) is 0 Å². The van der Waals surface area contributed by atoms with Gasteiger partial charge in [-0.25, -0.2) is 4.98 Å². The maximum atomic E-state index is 11.6. The molecule has 0 bridgehead atoms. The summed E-state index contributed by atoms with van der Waals surface area (Å²) in [4.78, 5) is 19.5. The lowest BCUT2D eigenvalue weighted by molar-refractivity contribution is -0.129. The zero-order chi connectivity index (χ0) is 12.4. The molecule has 0 saturated carbocycles. The largest absolute Gasteiger partial charge is 0.389 e. The first-order valence-electron chi connectivity index (χ1n) is 5.71. The number of rotatable bonds is 2. The quantitative estimate of drug-likeness (QED) is 0.807. The first-order valence-corrected chi connectivity index (χ1v) is 5.71. The number of carbonyl (C=O) groups excluding carboxylic acids is 1. The molecule has 0 spiro atoms. The number of piperazine rings is 1. The molecule has 1 unspecified atom stereocenters. The van der Waals surface area contributed by atoms with Gasteiger partial charge in [-0.1, -0.05) is 0 Å². The Morgan fingerprint density at radius 2 is 2.24 bits per heavy atom. The molecule has 1 aliphatic heterocycles. The van der Waals surface area contributed by atoms with Crippen molar-refractivity contribution in [3.63, 3.8) is 0 Å². The fourth-order valence-corrected chi connectivity index (χ4v) is 1.82. The number of nitrogens with zero attached hydrogens (tertiary/aromatic N) is 3. The van der Waals surface area contributed by atoms with E-state index < -0.39 is 6.10 Å². The Morgan fingerprint density at radius 3 is 2.88 bits per heavy atom. The Kier molecular flexibility index (Phi) is 3.28. The van der Waals surface area contributed by atoms with E-state index in [0.29, 0.717) is 13.1 Å². The minimum atomic E-state index is -0.514. The highest BCUT2D eigenvalue weighted by Crippen LogP contribution is 2.19. The third-order valence-corrected chi connectivity index (χ3v) is 3.03. The van der Waals surface area contributed by atoms with E-state index in [-0.39, 0.29) is 5.91 Å². The predicted molar refractivity (Wildman–Crippen MR) is 64.7 cm³/mol. The van der Waals surface area contributed by atoms with Crippen LogP contribution >= 0.6 is 0 Å². The highest BCUT2D eigenvalue weighted by atomic mass is 16.3. The fourth-order valence-electron chi connectivity index (χ4n) is 1.82. The summed E-state index contributed by atoms with van der Waals surface area (Å²) >= 11 is 0. The maximum absolute atomic E-state index is 11.6. The summed E-state index contributed by atoms with van der Waals surface area (Å²) in [6.07, 6.45) is 1.15. The van der Waals surface area contributed by atoms with Gasteiger partial charge in [0.15, 0.2) is 0 Å². The second kappa shape index (κ2) is 4.71. The summed E-state index contributed by atoms with van der Waals surface area (Å²) in [7, 11) is 1.80. The molecule has 0 aliphatic carbocycles. The zero-order valence-corrected chi connectivity index (χ0v) is 10.1. The van der Waals surface area contributed by atoms with Gasteiger partial charge in [0.1, 0.15) is 5.82 Å². The molecule has 1 aliphatic rings. The van der Waals surface area contributed by atoms with Crippen LogP contribution in [0, 0.1) is 0 Å². The van der Waals surface area contributed by atoms with E-state index in [1.165, 1.54) is 0 Å². The molecule has 2 heterocycles. The minimum absolute atomic E-state index is 0.0977. The molecular weight excluding hydrogens is 218 g/mol. The Balaban J connectivity index is 2.17. The number of amides is 1. The first kappa shape index (κ1) is 11.9. The third kappa shape index (κ3) is 2.55. The molecule has 1 amide bonds. The second-order valence-electron chi connectivity index (χ2n) is 4.36. The Bertz CT molecular complexity index is 420. The summed E-state index contributed by atoms with van der Waals surface area (Å²) in [5.74, 6) is 0.852. The second-order valence-corrected chi connectivity index (χ2v) is 4.36. The van der Waals surface area contributed by atoms with Crippen molar-refractivity contribution in [3.8, 4) is 0 Å². The Morgan fingerprint density at radius 1 is 1.47 bits per heavy atom. The first-order chi connectivity index (χ1) is 8.08. The van der Waals surface area contributed by atoms with Gasteiger partial charge in [-0.2, -0.15) is 0 Å². The van der Waals surface area contributed by atoms with E-state index in [2.05, 4.69) is 4.98 Å². The van der Waals surface area contributed by atoms with Crippen molar-refractivity contribution < 1.29 is 9.90 Å². The van der Waals surface area contributed by atoms with Crippen LogP contribution < -0.4 is 4.90 Å². The highest BCUT2D eigenvalue weighted by Gasteiger charge is 2.22. The van der Waals surface area contributed by atoms with Crippen molar-refractivity contribution in [1.29, 1.82) is 0 Å². The van der Waals surface area contributed by atoms with Crippen LogP contribution in [0.3, 0.4) is 0 Å². The van der Waals surface area contributed by atoms with Gasteiger partial charge >= 0.3 is 0 Å². The summed E-state index contributed by atoms with van der Waals surface area (Å²) in [5, 5.41) is 9.52. The molecule has 1 saturated heterocycles. The molecule has 1 N–H and O–H groups in total. The maximum Gasteiger partial charge on any atom is 0.241 e. The summed E-state index contributed by atoms with van der Waals surface area (Å²) in [5.41, 5.74) is 0.821. The van der Waals surface area contributed by atoms with E-state index >= 15 is 0 Å². The standard InChI is InChI=1S/C12H17N3O2/c1-9(16)10-3-4-13-11(7-10)15-6-5-14(2)12(17)8-15/h3-4,7,9,16H,5-6,8H2,1-2H3. The highest BCUT2D eigenvalue weighted by molar-refractivity contribution is 5.82. The topological polar surface area (TPSA) is 56.7 Å². The molecule has 0 radical (unpaired) electrons. The normalized spacial score (nSPS) is 18.4. The molecule has 2 rings (SSSR count). The Labute approximate surface area is 101 Å². The van der Waals surface area contributed by atoms with Gasteiger partial charge in [-0.15, -0.1) is 0 Å². The van der Waals surface area contributed by atoms with E-state index in [1.807, 2.05) is 11.0 Å². The number of hydrogen-bond acceptors (Lipinski definition) is 4. The van der Waals surface area contributed by atoms with E-state index in [0.717, 1.165) is 17.9 Å². The minimum Gasteiger partial charge on any atom is -0.389 e. The summed E-state index contributed by atoms with van der Waals surface area (Å²) in [6.45, 7) is 3.55. The summed E-state index contributed by atoms with van der Waals surface area (Å²) in [6, 6.07) is 3.62. The van der Waals surface area contributed by atoms with Crippen LogP contribution in [0.25, 0.3) is 0 Å². The number of aliphatic hydroxyl groups is 1. The fraction of sp³-hybridized carbons (Fsp3) is 0.500. The van der Waals surface area contributed by atoms with E-state index in [9.17, 15) is 9.90 Å². The predicted octanol–water partition coefficient (Wildman–Crippen LogP) is 0.413. The molecule has 0 aromatic carbocycles. The number of aliphatic hydroxyl groups excluding tert-OH is 1. The molecular formula is C12H17N3O2. The van der Waals surface area contributed by atoms with Crippen molar-refractivity contribution in [3.05, 3.63) is 23.9 Å². The number of anilines is 1. The number of aromatic nitrogens is 1. The van der Waals surface area contributed by atoms with E-state index in [4.69, 9.17) is 0 Å². The van der Waals surface area contributed by atoms with Gasteiger partial charge in [0.05, 0.1) is 12.6 Å². The van der Waals surface area contributed by atoms with Crippen LogP contribution in [0.15, 0.2) is 18.3 Å². The van der Waals surface area contributed by atoms with Gasteiger partial charge < -0.3 is 14.9 Å². The molecule has 5 heteroatoms. The Hall–Kier alpha value is -1.62. The van der Waals surface area contributed by atoms with Crippen LogP contribution in [0.4, 0.5) is 5.82 Å². The molecule has 1 aromatic heterocycles. The van der Waals surface area contributed by atoms with Crippen LogP contribution in [0.5, 0.6) is 0 Å². The van der Waals surface area contributed by atoms with Crippen molar-refractivity contribution in [1.82, 2.24) is 9.88 Å². The van der Waals surface area contributed by atoms with Crippen LogP contribution in [-0.2, 0) is 4.79 Å². The van der Waals surface area contributed by atoms with Gasteiger partial charge in [0, 0.05) is 26.3 Å². The lowest BCUT2D eigenvalue weighted by Crippen LogP contribution is -2.48. The van der Waals surface area contributed by atoms with E-state index in [1.54, 1.807) is 31.1 Å². The monoisotopic (exact) mass is 235 g/mol. The SMILES string of the molecule is CC(O)c1ccnc(N2CCN(C)C(=O)C2)c1. The number of pyridine rings is 1. The molecule has 92 valence electrons. The van der Waals surface area contributed by atoms with Crippen LogP contribution in [-0.4, -0.2) is 47.6 Å². The van der Waals surface area contributed by atoms with Crippen molar-refractivity contribution in [2.45, 2.75) is 13.0 Å². The lowest BCUT2D eigenvalue weighted by Gasteiger charge is -2.32. The lowest BCUT2D eigenvalue weighted by atomic mass is 10.1. The summed E-state index contributed by atoms with van der Waals surface area (Å²) < 4.78 is 0. The molecule has 5 nitrogen and oxygen atoms in total. The number of hydrogen-bond donors (Lipinski definition) is 1. The van der Waals surface area contributed by atoms with Crippen LogP contribution in [0.1, 0.15) is 18.6 Å².